The first-order valence-corrected chi connectivity index (χ1v) is 3.29. The summed E-state index contributed by atoms with van der Waals surface area (Å²) in [5.41, 5.74) is 0.567. The van der Waals surface area contributed by atoms with E-state index in [0.717, 1.165) is 5.39 Å². The topological polar surface area (TPSA) is 51.0 Å². The first-order chi connectivity index (χ1) is 5.40. The first kappa shape index (κ1) is 6.15. The van der Waals surface area contributed by atoms with Gasteiger partial charge in [-0.25, -0.2) is 0 Å². The lowest BCUT2D eigenvalue weighted by atomic mass is 10.4. The quantitative estimate of drug-likeness (QED) is 0.663. The second kappa shape index (κ2) is 2.23. The third-order valence-electron chi connectivity index (χ3n) is 1.46. The van der Waals surface area contributed by atoms with Crippen LogP contribution in [-0.4, -0.2) is 17.2 Å². The molecule has 0 fully saturated rings. The van der Waals surface area contributed by atoms with Crippen LogP contribution >= 0.6 is 0 Å². The highest BCUT2D eigenvalue weighted by atomic mass is 16.4. The van der Waals surface area contributed by atoms with Gasteiger partial charge in [0.1, 0.15) is 0 Å². The highest BCUT2D eigenvalue weighted by Gasteiger charge is 2.00. The van der Waals surface area contributed by atoms with Gasteiger partial charge < -0.3 is 9.73 Å². The number of nitrogens with one attached hydrogen (secondary N) is 1. The van der Waals surface area contributed by atoms with E-state index in [1.807, 2.05) is 12.1 Å². The largest absolute Gasteiger partial charge is 0.421 e. The van der Waals surface area contributed by atoms with E-state index in [4.69, 9.17) is 4.42 Å². The molecule has 0 saturated heterocycles. The van der Waals surface area contributed by atoms with Gasteiger partial charge in [-0.1, -0.05) is 0 Å². The maximum Gasteiger partial charge on any atom is 0.248 e. The van der Waals surface area contributed by atoms with Crippen LogP contribution in [0.3, 0.4) is 0 Å². The maximum atomic E-state index is 5.23. The average molecular weight is 149 g/mol. The summed E-state index contributed by atoms with van der Waals surface area (Å²) in [5, 5.41) is 11.3. The van der Waals surface area contributed by atoms with Crippen molar-refractivity contribution in [2.24, 2.45) is 0 Å². The molecule has 4 heteroatoms. The predicted molar refractivity (Wildman–Crippen MR) is 41.4 cm³/mol. The molecule has 0 saturated carbocycles. The number of rotatable bonds is 1. The molecule has 2 aromatic rings. The third-order valence-corrected chi connectivity index (χ3v) is 1.46. The van der Waals surface area contributed by atoms with Gasteiger partial charge in [-0.15, -0.1) is 5.10 Å². The van der Waals surface area contributed by atoms with Crippen LogP contribution in [0.2, 0.25) is 0 Å². The van der Waals surface area contributed by atoms with E-state index in [0.29, 0.717) is 11.6 Å². The van der Waals surface area contributed by atoms with Crippen LogP contribution in [0.15, 0.2) is 22.7 Å². The van der Waals surface area contributed by atoms with Crippen LogP contribution < -0.4 is 5.32 Å². The Hall–Kier alpha value is -1.58. The van der Waals surface area contributed by atoms with Gasteiger partial charge in [-0.05, 0) is 6.07 Å². The Bertz CT molecular complexity index is 335. The predicted octanol–water partition coefficient (Wildman–Crippen LogP) is 1.26. The molecule has 56 valence electrons. The molecule has 11 heavy (non-hydrogen) atoms. The van der Waals surface area contributed by atoms with Crippen molar-refractivity contribution < 1.29 is 4.42 Å². The lowest BCUT2D eigenvalue weighted by molar-refractivity contribution is 0.612. The molecule has 0 aliphatic carbocycles. The Morgan fingerprint density at radius 2 is 2.45 bits per heavy atom. The van der Waals surface area contributed by atoms with Crippen LogP contribution in [0, 0.1) is 0 Å². The fraction of sp³-hybridized carbons (Fsp3) is 0.143. The van der Waals surface area contributed by atoms with Crippen molar-refractivity contribution in [2.45, 2.75) is 0 Å². The molecule has 0 aliphatic rings. The van der Waals surface area contributed by atoms with Crippen molar-refractivity contribution in [1.29, 1.82) is 0 Å². The molecule has 2 aromatic heterocycles. The zero-order valence-corrected chi connectivity index (χ0v) is 6.03. The molecule has 2 heterocycles. The van der Waals surface area contributed by atoms with Crippen LogP contribution in [0.25, 0.3) is 11.1 Å². The van der Waals surface area contributed by atoms with E-state index in [1.165, 1.54) is 0 Å². The summed E-state index contributed by atoms with van der Waals surface area (Å²) in [5.74, 6) is 0.709. The zero-order valence-electron chi connectivity index (χ0n) is 6.03. The van der Waals surface area contributed by atoms with Gasteiger partial charge in [0, 0.05) is 18.5 Å². The molecule has 4 nitrogen and oxygen atoms in total. The van der Waals surface area contributed by atoms with Crippen molar-refractivity contribution in [1.82, 2.24) is 10.2 Å². The van der Waals surface area contributed by atoms with Crippen molar-refractivity contribution >= 4 is 17.0 Å². The van der Waals surface area contributed by atoms with E-state index >= 15 is 0 Å². The summed E-state index contributed by atoms with van der Waals surface area (Å²) in [7, 11) is 1.80. The number of anilines is 1. The minimum atomic E-state index is 0.567. The molecule has 2 rings (SSSR count). The molecule has 0 aromatic carbocycles. The number of hydrogen-bond acceptors (Lipinski definition) is 4. The lowest BCUT2D eigenvalue weighted by Crippen LogP contribution is -1.81. The van der Waals surface area contributed by atoms with E-state index in [2.05, 4.69) is 15.5 Å². The number of fused-ring (bicyclic) bond motifs is 1. The van der Waals surface area contributed by atoms with Gasteiger partial charge in [0.2, 0.25) is 5.71 Å². The SMILES string of the molecule is CNc1cc2ccnnc2o1. The normalized spacial score (nSPS) is 10.3. The summed E-state index contributed by atoms with van der Waals surface area (Å²) in [6, 6.07) is 3.73. The van der Waals surface area contributed by atoms with Crippen LogP contribution in [0.1, 0.15) is 0 Å². The van der Waals surface area contributed by atoms with Crippen molar-refractivity contribution in [2.75, 3.05) is 12.4 Å². The second-order valence-electron chi connectivity index (χ2n) is 2.15. The van der Waals surface area contributed by atoms with E-state index in [-0.39, 0.29) is 0 Å². The Balaban J connectivity index is 2.69. The molecular weight excluding hydrogens is 142 g/mol. The van der Waals surface area contributed by atoms with E-state index in [1.54, 1.807) is 13.2 Å². The maximum absolute atomic E-state index is 5.23. The fourth-order valence-corrected chi connectivity index (χ4v) is 0.916. The highest BCUT2D eigenvalue weighted by Crippen LogP contribution is 2.18. The van der Waals surface area contributed by atoms with Crippen molar-refractivity contribution in [3.63, 3.8) is 0 Å². The summed E-state index contributed by atoms with van der Waals surface area (Å²) in [6.07, 6.45) is 1.64. The monoisotopic (exact) mass is 149 g/mol. The summed E-state index contributed by atoms with van der Waals surface area (Å²) in [6.45, 7) is 0. The smallest absolute Gasteiger partial charge is 0.248 e. The summed E-state index contributed by atoms with van der Waals surface area (Å²) >= 11 is 0. The lowest BCUT2D eigenvalue weighted by Gasteiger charge is -1.86. The van der Waals surface area contributed by atoms with E-state index < -0.39 is 0 Å². The van der Waals surface area contributed by atoms with Crippen LogP contribution in [0.5, 0.6) is 0 Å². The minimum Gasteiger partial charge on any atom is -0.421 e. The Kier molecular flexibility index (Phi) is 1.25. The van der Waals surface area contributed by atoms with Gasteiger partial charge >= 0.3 is 0 Å². The first-order valence-electron chi connectivity index (χ1n) is 3.29. The number of nitrogens with zero attached hydrogens (tertiary/aromatic N) is 2. The van der Waals surface area contributed by atoms with Gasteiger partial charge in [0.05, 0.1) is 6.20 Å². The highest BCUT2D eigenvalue weighted by molar-refractivity contribution is 5.76. The number of hydrogen-bond donors (Lipinski definition) is 1. The molecule has 0 atom stereocenters. The number of aromatic nitrogens is 2. The second-order valence-corrected chi connectivity index (χ2v) is 2.15. The fourth-order valence-electron chi connectivity index (χ4n) is 0.916. The van der Waals surface area contributed by atoms with Crippen LogP contribution in [0.4, 0.5) is 5.88 Å². The molecule has 0 spiro atoms. The van der Waals surface area contributed by atoms with Gasteiger partial charge in [0.25, 0.3) is 0 Å². The van der Waals surface area contributed by atoms with E-state index in [9.17, 15) is 0 Å². The summed E-state index contributed by atoms with van der Waals surface area (Å²) < 4.78 is 5.23. The molecule has 0 bridgehead atoms. The number of furan rings is 1. The molecule has 0 aliphatic heterocycles. The molecular formula is C7H7N3O. The zero-order chi connectivity index (χ0) is 7.68. The Morgan fingerprint density at radius 3 is 3.18 bits per heavy atom. The standard InChI is InChI=1S/C7H7N3O/c1-8-6-4-5-2-3-9-10-7(5)11-6/h2-4,8H,1H3. The minimum absolute atomic E-state index is 0.567. The van der Waals surface area contributed by atoms with Crippen LogP contribution in [-0.2, 0) is 0 Å². The Morgan fingerprint density at radius 1 is 1.55 bits per heavy atom. The molecule has 0 radical (unpaired) electrons. The van der Waals surface area contributed by atoms with Gasteiger partial charge in [-0.3, -0.25) is 0 Å². The average Bonchev–Trinajstić information content (AvgIpc) is 2.46. The van der Waals surface area contributed by atoms with Crippen molar-refractivity contribution in [3.8, 4) is 0 Å². The molecule has 0 unspecified atom stereocenters. The third kappa shape index (κ3) is 0.920. The summed E-state index contributed by atoms with van der Waals surface area (Å²) in [4.78, 5) is 0. The van der Waals surface area contributed by atoms with Gasteiger partial charge in [-0.2, -0.15) is 5.10 Å². The Labute approximate surface area is 63.2 Å². The molecule has 0 amide bonds. The molecule has 1 N–H and O–H groups in total. The van der Waals surface area contributed by atoms with Crippen molar-refractivity contribution in [3.05, 3.63) is 18.3 Å². The van der Waals surface area contributed by atoms with Gasteiger partial charge in [0.15, 0.2) is 5.88 Å².